The molecule has 1 saturated heterocycles. The number of alkyl carbamates (subject to hydrolysis) is 1. The number of likely N-dealkylation sites (tertiary alicyclic amines) is 1. The number of unbranched alkanes of at least 4 members (excludes halogenated alkanes) is 1. The first-order chi connectivity index (χ1) is 20.1. The van der Waals surface area contributed by atoms with Crippen molar-refractivity contribution in [3.8, 4) is 0 Å². The van der Waals surface area contributed by atoms with Crippen molar-refractivity contribution in [1.82, 2.24) is 15.5 Å². The number of carbonyl (C=O) groups is 3. The van der Waals surface area contributed by atoms with Crippen LogP contribution < -0.4 is 10.6 Å². The van der Waals surface area contributed by atoms with E-state index in [0.29, 0.717) is 50.7 Å². The SMILES string of the molecule is C[C@@H](CC(=O)NCCCC[C@H](NC(=O)OCc1ccccc1)C(=O)N1CCC(Cc2ccccc2)CC1)CC(C)(C)C. The molecule has 7 heteroatoms. The number of nitrogens with zero attached hydrogens (tertiary/aromatic N) is 1. The fourth-order valence-electron chi connectivity index (χ4n) is 5.90. The number of hydrogen-bond acceptors (Lipinski definition) is 4. The minimum atomic E-state index is -0.651. The summed E-state index contributed by atoms with van der Waals surface area (Å²) in [5.74, 6) is 0.897. The molecule has 0 spiro atoms. The van der Waals surface area contributed by atoms with Crippen molar-refractivity contribution in [2.45, 2.75) is 91.7 Å². The van der Waals surface area contributed by atoms with E-state index < -0.39 is 12.1 Å². The Hall–Kier alpha value is -3.35. The highest BCUT2D eigenvalue weighted by molar-refractivity contribution is 5.85. The molecule has 7 nitrogen and oxygen atoms in total. The quantitative estimate of drug-likeness (QED) is 0.251. The number of ether oxygens (including phenoxy) is 1. The lowest BCUT2D eigenvalue weighted by atomic mass is 9.84. The fourth-order valence-corrected chi connectivity index (χ4v) is 5.90. The predicted octanol–water partition coefficient (Wildman–Crippen LogP) is 6.51. The Bertz CT molecular complexity index is 1090. The van der Waals surface area contributed by atoms with Gasteiger partial charge in [-0.05, 0) is 73.3 Å². The zero-order valence-corrected chi connectivity index (χ0v) is 26.1. The van der Waals surface area contributed by atoms with E-state index in [4.69, 9.17) is 4.74 Å². The molecule has 0 bridgehead atoms. The largest absolute Gasteiger partial charge is 0.445 e. The van der Waals surface area contributed by atoms with Gasteiger partial charge >= 0.3 is 6.09 Å². The standard InChI is InChI=1S/C35H51N3O4/c1-27(25-35(2,3)4)23-32(39)36-20-12-11-17-31(37-34(41)42-26-30-15-9-6-10-16-30)33(40)38-21-18-29(19-22-38)24-28-13-7-5-8-14-28/h5-10,13-16,27,29,31H,11-12,17-26H2,1-4H3,(H,36,39)(H,37,41)/t27-,31-/m0/s1. The van der Waals surface area contributed by atoms with Gasteiger partial charge in [-0.2, -0.15) is 0 Å². The molecular weight excluding hydrogens is 526 g/mol. The van der Waals surface area contributed by atoms with Crippen LogP contribution in [0.4, 0.5) is 4.79 Å². The first kappa shape index (κ1) is 33.2. The van der Waals surface area contributed by atoms with Crippen LogP contribution in [0.3, 0.4) is 0 Å². The number of benzene rings is 2. The monoisotopic (exact) mass is 577 g/mol. The maximum absolute atomic E-state index is 13.6. The summed E-state index contributed by atoms with van der Waals surface area (Å²) in [4.78, 5) is 40.5. The maximum atomic E-state index is 13.6. The summed E-state index contributed by atoms with van der Waals surface area (Å²) in [5.41, 5.74) is 2.43. The lowest BCUT2D eigenvalue weighted by molar-refractivity contribution is -0.135. The van der Waals surface area contributed by atoms with Crippen molar-refractivity contribution < 1.29 is 19.1 Å². The molecule has 0 saturated carbocycles. The number of nitrogens with one attached hydrogen (secondary N) is 2. The number of rotatable bonds is 14. The van der Waals surface area contributed by atoms with Crippen LogP contribution in [-0.2, 0) is 27.4 Å². The van der Waals surface area contributed by atoms with Crippen molar-refractivity contribution in [3.63, 3.8) is 0 Å². The van der Waals surface area contributed by atoms with Crippen LogP contribution in [0.1, 0.15) is 83.8 Å². The van der Waals surface area contributed by atoms with Crippen molar-refractivity contribution in [1.29, 1.82) is 0 Å². The van der Waals surface area contributed by atoms with Crippen LogP contribution in [-0.4, -0.2) is 48.5 Å². The van der Waals surface area contributed by atoms with Gasteiger partial charge in [-0.1, -0.05) is 88.4 Å². The third-order valence-electron chi connectivity index (χ3n) is 7.83. The Kier molecular flexibility index (Phi) is 13.4. The summed E-state index contributed by atoms with van der Waals surface area (Å²) in [6.45, 7) is 10.8. The highest BCUT2D eigenvalue weighted by Gasteiger charge is 2.29. The molecular formula is C35H51N3O4. The van der Waals surface area contributed by atoms with E-state index in [1.54, 1.807) is 0 Å². The maximum Gasteiger partial charge on any atom is 0.408 e. The van der Waals surface area contributed by atoms with Crippen LogP contribution in [0.15, 0.2) is 60.7 Å². The van der Waals surface area contributed by atoms with Crippen LogP contribution in [0.2, 0.25) is 0 Å². The van der Waals surface area contributed by atoms with Crippen LogP contribution >= 0.6 is 0 Å². The zero-order valence-electron chi connectivity index (χ0n) is 26.1. The summed E-state index contributed by atoms with van der Waals surface area (Å²) in [6, 6.07) is 19.3. The molecule has 0 aliphatic carbocycles. The lowest BCUT2D eigenvalue weighted by Gasteiger charge is -2.34. The van der Waals surface area contributed by atoms with Gasteiger partial charge in [0.05, 0.1) is 0 Å². The van der Waals surface area contributed by atoms with Crippen LogP contribution in [0.5, 0.6) is 0 Å². The molecule has 2 aromatic carbocycles. The molecule has 0 radical (unpaired) electrons. The molecule has 2 N–H and O–H groups in total. The van der Waals surface area contributed by atoms with E-state index in [9.17, 15) is 14.4 Å². The van der Waals surface area contributed by atoms with Crippen molar-refractivity contribution in [2.75, 3.05) is 19.6 Å². The van der Waals surface area contributed by atoms with Crippen LogP contribution in [0, 0.1) is 17.3 Å². The lowest BCUT2D eigenvalue weighted by Crippen LogP contribution is -2.51. The highest BCUT2D eigenvalue weighted by atomic mass is 16.5. The van der Waals surface area contributed by atoms with E-state index in [1.807, 2.05) is 41.3 Å². The molecule has 1 aliphatic heterocycles. The number of piperidine rings is 1. The molecule has 0 unspecified atom stereocenters. The Labute approximate surface area is 252 Å². The van der Waals surface area contributed by atoms with Gasteiger partial charge in [0.2, 0.25) is 11.8 Å². The Morgan fingerprint density at radius 1 is 0.929 bits per heavy atom. The summed E-state index contributed by atoms with van der Waals surface area (Å²) in [6.07, 6.45) is 5.80. The second-order valence-corrected chi connectivity index (χ2v) is 13.1. The zero-order chi connectivity index (χ0) is 30.4. The van der Waals surface area contributed by atoms with Gasteiger partial charge in [-0.15, -0.1) is 0 Å². The van der Waals surface area contributed by atoms with Gasteiger partial charge in [0.1, 0.15) is 12.6 Å². The molecule has 3 rings (SSSR count). The van der Waals surface area contributed by atoms with Gasteiger partial charge in [0.25, 0.3) is 0 Å². The van der Waals surface area contributed by atoms with Crippen molar-refractivity contribution in [3.05, 3.63) is 71.8 Å². The highest BCUT2D eigenvalue weighted by Crippen LogP contribution is 2.26. The molecule has 1 heterocycles. The Morgan fingerprint density at radius 2 is 1.55 bits per heavy atom. The number of carbonyl (C=O) groups excluding carboxylic acids is 3. The van der Waals surface area contributed by atoms with E-state index in [-0.39, 0.29) is 23.8 Å². The van der Waals surface area contributed by atoms with E-state index in [0.717, 1.165) is 37.7 Å². The molecule has 2 aromatic rings. The minimum absolute atomic E-state index is 0.0511. The first-order valence-corrected chi connectivity index (χ1v) is 15.7. The Balaban J connectivity index is 1.47. The van der Waals surface area contributed by atoms with Crippen molar-refractivity contribution >= 4 is 17.9 Å². The molecule has 1 fully saturated rings. The van der Waals surface area contributed by atoms with Gasteiger partial charge in [0.15, 0.2) is 0 Å². The number of amides is 3. The second kappa shape index (κ2) is 16.9. The van der Waals surface area contributed by atoms with Gasteiger partial charge in [0, 0.05) is 26.1 Å². The van der Waals surface area contributed by atoms with Crippen LogP contribution in [0.25, 0.3) is 0 Å². The summed E-state index contributed by atoms with van der Waals surface area (Å²) in [5, 5.41) is 5.87. The first-order valence-electron chi connectivity index (χ1n) is 15.7. The smallest absolute Gasteiger partial charge is 0.408 e. The molecule has 42 heavy (non-hydrogen) atoms. The molecule has 1 aliphatic rings. The molecule has 0 aromatic heterocycles. The average molecular weight is 578 g/mol. The van der Waals surface area contributed by atoms with E-state index in [1.165, 1.54) is 5.56 Å². The molecule has 2 atom stereocenters. The third kappa shape index (κ3) is 12.7. The van der Waals surface area contributed by atoms with Gasteiger partial charge < -0.3 is 20.3 Å². The van der Waals surface area contributed by atoms with Gasteiger partial charge in [-0.3, -0.25) is 9.59 Å². The van der Waals surface area contributed by atoms with E-state index >= 15 is 0 Å². The summed E-state index contributed by atoms with van der Waals surface area (Å²) in [7, 11) is 0. The summed E-state index contributed by atoms with van der Waals surface area (Å²) < 4.78 is 5.43. The second-order valence-electron chi connectivity index (χ2n) is 13.1. The molecule has 3 amide bonds. The third-order valence-corrected chi connectivity index (χ3v) is 7.83. The average Bonchev–Trinajstić information content (AvgIpc) is 2.95. The minimum Gasteiger partial charge on any atom is -0.445 e. The van der Waals surface area contributed by atoms with Crippen molar-refractivity contribution in [2.24, 2.45) is 17.3 Å². The molecule has 230 valence electrons. The Morgan fingerprint density at radius 3 is 2.17 bits per heavy atom. The normalized spacial score (nSPS) is 15.5. The topological polar surface area (TPSA) is 87.7 Å². The number of hydrogen-bond donors (Lipinski definition) is 2. The van der Waals surface area contributed by atoms with E-state index in [2.05, 4.69) is 62.6 Å². The van der Waals surface area contributed by atoms with Gasteiger partial charge in [-0.25, -0.2) is 4.79 Å². The summed E-state index contributed by atoms with van der Waals surface area (Å²) >= 11 is 0. The predicted molar refractivity (Wildman–Crippen MR) is 168 cm³/mol. The fraction of sp³-hybridized carbons (Fsp3) is 0.571.